The molecule has 3 aromatic carbocycles. The van der Waals surface area contributed by atoms with Gasteiger partial charge in [-0.15, -0.1) is 0 Å². The number of carbonyl (C=O) groups excluding carboxylic acids is 1. The van der Waals surface area contributed by atoms with Crippen molar-refractivity contribution < 1.29 is 21.6 Å². The van der Waals surface area contributed by atoms with Crippen LogP contribution in [0.25, 0.3) is 0 Å². The molecule has 1 N–H and O–H groups in total. The molecule has 0 saturated carbocycles. The van der Waals surface area contributed by atoms with Gasteiger partial charge in [0, 0.05) is 18.8 Å². The highest BCUT2D eigenvalue weighted by atomic mass is 32.2. The minimum absolute atomic E-state index is 0.0764. The van der Waals surface area contributed by atoms with Gasteiger partial charge in [-0.2, -0.15) is 4.31 Å². The second kappa shape index (κ2) is 10.2. The number of hydrogen-bond acceptors (Lipinski definition) is 5. The lowest BCUT2D eigenvalue weighted by Crippen LogP contribution is -2.38. The molecular weight excluding hydrogens is 486 g/mol. The number of amides is 1. The van der Waals surface area contributed by atoms with Crippen LogP contribution in [0.5, 0.6) is 0 Å². The Bertz CT molecular complexity index is 1400. The highest BCUT2D eigenvalue weighted by Gasteiger charge is 2.29. The number of nitrogens with one attached hydrogen (secondary N) is 1. The first-order valence-corrected chi connectivity index (χ1v) is 14.1. The average molecular weight is 514 g/mol. The molecular formula is C25H27N3O5S2. The molecule has 0 bridgehead atoms. The largest absolute Gasteiger partial charge is 0.325 e. The Balaban J connectivity index is 1.55. The molecule has 10 heteroatoms. The van der Waals surface area contributed by atoms with Crippen molar-refractivity contribution in [3.8, 4) is 0 Å². The van der Waals surface area contributed by atoms with E-state index in [1.807, 2.05) is 0 Å². The zero-order valence-corrected chi connectivity index (χ0v) is 20.9. The maximum atomic E-state index is 13.4. The predicted molar refractivity (Wildman–Crippen MR) is 135 cm³/mol. The van der Waals surface area contributed by atoms with Gasteiger partial charge in [0.15, 0.2) is 0 Å². The SMILES string of the molecule is Cc1ccccc1N(CC(=O)Nc1ccc(S(=O)(=O)N2CCCC2)cc1)S(=O)(=O)c1ccccc1. The van der Waals surface area contributed by atoms with E-state index in [0.717, 1.165) is 17.1 Å². The van der Waals surface area contributed by atoms with Crippen molar-refractivity contribution in [2.75, 3.05) is 29.3 Å². The Labute approximate surface area is 206 Å². The van der Waals surface area contributed by atoms with E-state index in [1.54, 1.807) is 49.4 Å². The van der Waals surface area contributed by atoms with Crippen LogP contribution in [-0.2, 0) is 24.8 Å². The predicted octanol–water partition coefficient (Wildman–Crippen LogP) is 3.61. The maximum Gasteiger partial charge on any atom is 0.264 e. The van der Waals surface area contributed by atoms with Crippen molar-refractivity contribution in [1.82, 2.24) is 4.31 Å². The van der Waals surface area contributed by atoms with E-state index in [4.69, 9.17) is 0 Å². The number of sulfonamides is 2. The number of carbonyl (C=O) groups is 1. The number of aryl methyl sites for hydroxylation is 1. The van der Waals surface area contributed by atoms with E-state index >= 15 is 0 Å². The topological polar surface area (TPSA) is 104 Å². The summed E-state index contributed by atoms with van der Waals surface area (Å²) in [5, 5.41) is 2.68. The van der Waals surface area contributed by atoms with Gasteiger partial charge in [-0.1, -0.05) is 36.4 Å². The van der Waals surface area contributed by atoms with Gasteiger partial charge in [0.25, 0.3) is 10.0 Å². The number of hydrogen-bond donors (Lipinski definition) is 1. The smallest absolute Gasteiger partial charge is 0.264 e. The lowest BCUT2D eigenvalue weighted by molar-refractivity contribution is -0.114. The Hall–Kier alpha value is -3.21. The maximum absolute atomic E-state index is 13.4. The first kappa shape index (κ1) is 24.9. The summed E-state index contributed by atoms with van der Waals surface area (Å²) in [5.41, 5.74) is 1.48. The zero-order chi connectivity index (χ0) is 25.1. The normalized spacial score (nSPS) is 14.5. The molecule has 3 aromatic rings. The van der Waals surface area contributed by atoms with Crippen LogP contribution >= 0.6 is 0 Å². The molecule has 1 saturated heterocycles. The summed E-state index contributed by atoms with van der Waals surface area (Å²) >= 11 is 0. The Kier molecular flexibility index (Phi) is 7.25. The van der Waals surface area contributed by atoms with Gasteiger partial charge in [-0.05, 0) is 67.8 Å². The minimum Gasteiger partial charge on any atom is -0.325 e. The molecule has 0 aromatic heterocycles. The highest BCUT2D eigenvalue weighted by molar-refractivity contribution is 7.92. The van der Waals surface area contributed by atoms with E-state index in [2.05, 4.69) is 5.32 Å². The second-order valence-corrected chi connectivity index (χ2v) is 12.1. The van der Waals surface area contributed by atoms with E-state index in [0.29, 0.717) is 30.0 Å². The van der Waals surface area contributed by atoms with E-state index in [-0.39, 0.29) is 9.79 Å². The Morgan fingerprint density at radius 3 is 2.06 bits per heavy atom. The van der Waals surface area contributed by atoms with Crippen LogP contribution in [0.4, 0.5) is 11.4 Å². The van der Waals surface area contributed by atoms with Crippen molar-refractivity contribution in [1.29, 1.82) is 0 Å². The molecule has 0 unspecified atom stereocenters. The van der Waals surface area contributed by atoms with E-state index in [9.17, 15) is 21.6 Å². The number of nitrogens with zero attached hydrogens (tertiary/aromatic N) is 2. The van der Waals surface area contributed by atoms with Gasteiger partial charge in [-0.3, -0.25) is 9.10 Å². The molecule has 1 amide bonds. The highest BCUT2D eigenvalue weighted by Crippen LogP contribution is 2.27. The van der Waals surface area contributed by atoms with Crippen molar-refractivity contribution >= 4 is 37.3 Å². The lowest BCUT2D eigenvalue weighted by atomic mass is 10.2. The fraction of sp³-hybridized carbons (Fsp3) is 0.240. The first-order valence-electron chi connectivity index (χ1n) is 11.2. The molecule has 184 valence electrons. The molecule has 8 nitrogen and oxygen atoms in total. The summed E-state index contributed by atoms with van der Waals surface area (Å²) < 4.78 is 54.8. The van der Waals surface area contributed by atoms with Gasteiger partial charge < -0.3 is 5.32 Å². The van der Waals surface area contributed by atoms with Crippen molar-refractivity contribution in [2.24, 2.45) is 0 Å². The Morgan fingerprint density at radius 2 is 1.43 bits per heavy atom. The van der Waals surface area contributed by atoms with Crippen LogP contribution in [-0.4, -0.2) is 46.7 Å². The molecule has 0 radical (unpaired) electrons. The van der Waals surface area contributed by atoms with Gasteiger partial charge in [-0.25, -0.2) is 16.8 Å². The lowest BCUT2D eigenvalue weighted by Gasteiger charge is -2.25. The molecule has 1 heterocycles. The Morgan fingerprint density at radius 1 is 0.829 bits per heavy atom. The quantitative estimate of drug-likeness (QED) is 0.496. The average Bonchev–Trinajstić information content (AvgIpc) is 3.40. The third kappa shape index (κ3) is 5.39. The van der Waals surface area contributed by atoms with Gasteiger partial charge in [0.1, 0.15) is 6.54 Å². The fourth-order valence-electron chi connectivity index (χ4n) is 3.98. The van der Waals surface area contributed by atoms with Crippen LogP contribution < -0.4 is 9.62 Å². The molecule has 1 aliphatic heterocycles. The van der Waals surface area contributed by atoms with Gasteiger partial charge in [0.2, 0.25) is 15.9 Å². The summed E-state index contributed by atoms with van der Waals surface area (Å²) in [5.74, 6) is -0.553. The minimum atomic E-state index is -4.01. The van der Waals surface area contributed by atoms with Crippen molar-refractivity contribution in [3.05, 3.63) is 84.4 Å². The monoisotopic (exact) mass is 513 g/mol. The fourth-order valence-corrected chi connectivity index (χ4v) is 7.00. The van der Waals surface area contributed by atoms with Gasteiger partial charge in [0.05, 0.1) is 15.5 Å². The molecule has 1 aliphatic rings. The van der Waals surface area contributed by atoms with E-state index < -0.39 is 32.5 Å². The van der Waals surface area contributed by atoms with Crippen molar-refractivity contribution in [2.45, 2.75) is 29.6 Å². The summed E-state index contributed by atoms with van der Waals surface area (Å²) in [6, 6.07) is 20.8. The summed E-state index contributed by atoms with van der Waals surface area (Å²) in [7, 11) is -7.57. The van der Waals surface area contributed by atoms with Crippen molar-refractivity contribution in [3.63, 3.8) is 0 Å². The number of para-hydroxylation sites is 1. The number of benzene rings is 3. The molecule has 0 atom stereocenters. The molecule has 4 rings (SSSR count). The molecule has 0 spiro atoms. The first-order chi connectivity index (χ1) is 16.7. The molecule has 35 heavy (non-hydrogen) atoms. The summed E-state index contributed by atoms with van der Waals surface area (Å²) in [6.07, 6.45) is 1.69. The number of rotatable bonds is 8. The van der Waals surface area contributed by atoms with Gasteiger partial charge >= 0.3 is 0 Å². The summed E-state index contributed by atoms with van der Waals surface area (Å²) in [4.78, 5) is 13.2. The third-order valence-corrected chi connectivity index (χ3v) is 9.53. The van der Waals surface area contributed by atoms with Crippen LogP contribution in [0, 0.1) is 6.92 Å². The van der Waals surface area contributed by atoms with Crippen LogP contribution in [0.15, 0.2) is 88.7 Å². The third-order valence-electron chi connectivity index (χ3n) is 5.84. The van der Waals surface area contributed by atoms with Crippen LogP contribution in [0.2, 0.25) is 0 Å². The zero-order valence-electron chi connectivity index (χ0n) is 19.3. The summed E-state index contributed by atoms with van der Waals surface area (Å²) in [6.45, 7) is 2.34. The number of anilines is 2. The van der Waals surface area contributed by atoms with Crippen LogP contribution in [0.3, 0.4) is 0 Å². The standard InChI is InChI=1S/C25H27N3O5S2/c1-20-9-5-6-12-24(20)28(35(32,33)22-10-3-2-4-11-22)19-25(29)26-21-13-15-23(16-14-21)34(30,31)27-17-7-8-18-27/h2-6,9-16H,7-8,17-19H2,1H3,(H,26,29). The van der Waals surface area contributed by atoms with E-state index in [1.165, 1.54) is 40.7 Å². The van der Waals surface area contributed by atoms with Crippen LogP contribution in [0.1, 0.15) is 18.4 Å². The molecule has 1 fully saturated rings. The molecule has 0 aliphatic carbocycles. The second-order valence-electron chi connectivity index (χ2n) is 8.29.